The average molecular weight is 424 g/mol. The molecule has 0 aliphatic carbocycles. The molecule has 2 aliphatic rings. The van der Waals surface area contributed by atoms with E-state index in [1.54, 1.807) is 22.6 Å². The van der Waals surface area contributed by atoms with Gasteiger partial charge in [0.15, 0.2) is 0 Å². The van der Waals surface area contributed by atoms with Crippen molar-refractivity contribution in [1.29, 1.82) is 0 Å². The summed E-state index contributed by atoms with van der Waals surface area (Å²) in [4.78, 5) is 6.76. The van der Waals surface area contributed by atoms with Gasteiger partial charge < -0.3 is 9.15 Å². The van der Waals surface area contributed by atoms with E-state index in [-0.39, 0.29) is 11.9 Å². The van der Waals surface area contributed by atoms with Crippen molar-refractivity contribution in [2.24, 2.45) is 0 Å². The van der Waals surface area contributed by atoms with Crippen LogP contribution in [0.1, 0.15) is 36.2 Å². The highest BCUT2D eigenvalue weighted by molar-refractivity contribution is 7.88. The third-order valence-electron chi connectivity index (χ3n) is 5.65. The van der Waals surface area contributed by atoms with Gasteiger partial charge in [0.05, 0.1) is 19.1 Å². The minimum absolute atomic E-state index is 0.237. The van der Waals surface area contributed by atoms with Crippen LogP contribution in [0.2, 0.25) is 0 Å². The number of piperidine rings is 1. The number of hydrogen-bond acceptors (Lipinski definition) is 6. The summed E-state index contributed by atoms with van der Waals surface area (Å²) in [6.07, 6.45) is 4.92. The Morgan fingerprint density at radius 1 is 1.17 bits per heavy atom. The fourth-order valence-corrected chi connectivity index (χ4v) is 4.92. The Labute approximate surface area is 170 Å². The first-order valence-electron chi connectivity index (χ1n) is 9.88. The second kappa shape index (κ2) is 8.51. The number of halogens is 1. The van der Waals surface area contributed by atoms with Crippen LogP contribution in [0.25, 0.3) is 0 Å². The van der Waals surface area contributed by atoms with Crippen molar-refractivity contribution in [2.45, 2.75) is 31.4 Å². The fourth-order valence-electron chi connectivity index (χ4n) is 4.05. The van der Waals surface area contributed by atoms with E-state index in [2.05, 4.69) is 9.88 Å². The molecule has 9 heteroatoms. The van der Waals surface area contributed by atoms with Gasteiger partial charge in [0.1, 0.15) is 17.7 Å². The Hall–Kier alpha value is -1.81. The summed E-state index contributed by atoms with van der Waals surface area (Å²) in [5.74, 6) is 1.01. The quantitative estimate of drug-likeness (QED) is 0.734. The second-order valence-electron chi connectivity index (χ2n) is 7.72. The number of morpholine rings is 1. The molecule has 2 aromatic rings. The van der Waals surface area contributed by atoms with Gasteiger partial charge in [0.25, 0.3) is 0 Å². The lowest BCUT2D eigenvalue weighted by Gasteiger charge is -2.41. The van der Waals surface area contributed by atoms with Gasteiger partial charge in [0.2, 0.25) is 15.9 Å². The van der Waals surface area contributed by atoms with E-state index in [0.717, 1.165) is 24.9 Å². The molecule has 7 nitrogen and oxygen atoms in total. The van der Waals surface area contributed by atoms with Crippen molar-refractivity contribution in [3.63, 3.8) is 0 Å². The maximum absolute atomic E-state index is 13.1. The molecule has 29 heavy (non-hydrogen) atoms. The van der Waals surface area contributed by atoms with E-state index in [4.69, 9.17) is 9.15 Å². The maximum Gasteiger partial charge on any atom is 0.224 e. The molecule has 0 amide bonds. The number of benzene rings is 1. The number of nitrogens with zero attached hydrogens (tertiary/aromatic N) is 3. The molecule has 1 atom stereocenters. The number of aromatic nitrogens is 1. The lowest BCUT2D eigenvalue weighted by atomic mass is 10.0. The predicted molar refractivity (Wildman–Crippen MR) is 105 cm³/mol. The van der Waals surface area contributed by atoms with Gasteiger partial charge in [-0.1, -0.05) is 12.1 Å². The van der Waals surface area contributed by atoms with Gasteiger partial charge in [-0.05, 0) is 30.5 Å². The summed E-state index contributed by atoms with van der Waals surface area (Å²) < 4.78 is 49.8. The Balaban J connectivity index is 1.35. The molecule has 158 valence electrons. The van der Waals surface area contributed by atoms with Gasteiger partial charge in [-0.25, -0.2) is 22.1 Å². The Bertz CT molecular complexity index is 923. The zero-order chi connectivity index (χ0) is 20.4. The number of sulfonamides is 1. The molecule has 0 radical (unpaired) electrons. The minimum atomic E-state index is -3.11. The minimum Gasteiger partial charge on any atom is -0.442 e. The molecule has 0 unspecified atom stereocenters. The molecular weight excluding hydrogens is 397 g/mol. The smallest absolute Gasteiger partial charge is 0.224 e. The van der Waals surface area contributed by atoms with Crippen LogP contribution in [0.4, 0.5) is 4.39 Å². The van der Waals surface area contributed by atoms with Gasteiger partial charge in [0, 0.05) is 38.6 Å². The Morgan fingerprint density at radius 2 is 1.90 bits per heavy atom. The van der Waals surface area contributed by atoms with Gasteiger partial charge >= 0.3 is 0 Å². The summed E-state index contributed by atoms with van der Waals surface area (Å²) in [6.45, 7) is 3.22. The van der Waals surface area contributed by atoms with Crippen LogP contribution in [0, 0.1) is 5.82 Å². The van der Waals surface area contributed by atoms with Crippen molar-refractivity contribution >= 4 is 10.0 Å². The van der Waals surface area contributed by atoms with Crippen molar-refractivity contribution < 1.29 is 22.0 Å². The summed E-state index contributed by atoms with van der Waals surface area (Å²) >= 11 is 0. The third-order valence-corrected chi connectivity index (χ3v) is 6.95. The monoisotopic (exact) mass is 423 g/mol. The van der Waals surface area contributed by atoms with E-state index < -0.39 is 10.0 Å². The van der Waals surface area contributed by atoms with Crippen molar-refractivity contribution in [1.82, 2.24) is 14.2 Å². The van der Waals surface area contributed by atoms with Crippen LogP contribution in [0.3, 0.4) is 0 Å². The highest BCUT2D eigenvalue weighted by Gasteiger charge is 2.33. The fraction of sp³-hybridized carbons (Fsp3) is 0.550. The van der Waals surface area contributed by atoms with Gasteiger partial charge in [-0.2, -0.15) is 0 Å². The van der Waals surface area contributed by atoms with E-state index in [1.807, 2.05) is 0 Å². The van der Waals surface area contributed by atoms with Crippen LogP contribution in [0.5, 0.6) is 0 Å². The van der Waals surface area contributed by atoms with Gasteiger partial charge in [-0.3, -0.25) is 4.90 Å². The molecular formula is C20H26FN3O4S. The first-order valence-corrected chi connectivity index (χ1v) is 11.7. The molecule has 3 heterocycles. The highest BCUT2D eigenvalue weighted by Crippen LogP contribution is 2.27. The molecule has 2 saturated heterocycles. The molecule has 0 N–H and O–H groups in total. The molecule has 2 aliphatic heterocycles. The molecule has 0 saturated carbocycles. The molecule has 2 fully saturated rings. The Morgan fingerprint density at radius 3 is 2.59 bits per heavy atom. The number of ether oxygens (including phenoxy) is 1. The summed E-state index contributed by atoms with van der Waals surface area (Å²) in [7, 11) is -3.11. The number of hydrogen-bond donors (Lipinski definition) is 0. The SMILES string of the molecule is CS(=O)(=O)N1CCC(N2CCO[C@@H](c3ncc(Cc4ccc(F)cc4)o3)C2)CC1. The second-order valence-corrected chi connectivity index (χ2v) is 9.70. The molecule has 0 bridgehead atoms. The zero-order valence-electron chi connectivity index (χ0n) is 16.5. The summed E-state index contributed by atoms with van der Waals surface area (Å²) in [5, 5.41) is 0. The average Bonchev–Trinajstić information content (AvgIpc) is 3.18. The van der Waals surface area contributed by atoms with Crippen LogP contribution in [0.15, 0.2) is 34.9 Å². The van der Waals surface area contributed by atoms with Crippen LogP contribution < -0.4 is 0 Å². The van der Waals surface area contributed by atoms with E-state index in [1.165, 1.54) is 18.4 Å². The highest BCUT2D eigenvalue weighted by atomic mass is 32.2. The molecule has 4 rings (SSSR count). The zero-order valence-corrected chi connectivity index (χ0v) is 17.3. The van der Waals surface area contributed by atoms with Crippen LogP contribution >= 0.6 is 0 Å². The number of rotatable bonds is 5. The Kier molecular flexibility index (Phi) is 6.00. The largest absolute Gasteiger partial charge is 0.442 e. The summed E-state index contributed by atoms with van der Waals surface area (Å²) in [5.41, 5.74) is 0.956. The maximum atomic E-state index is 13.1. The first kappa shape index (κ1) is 20.5. The van der Waals surface area contributed by atoms with E-state index in [9.17, 15) is 12.8 Å². The number of oxazole rings is 1. The molecule has 1 aromatic heterocycles. The topological polar surface area (TPSA) is 75.9 Å². The predicted octanol–water partition coefficient (Wildman–Crippen LogP) is 2.20. The molecule has 0 spiro atoms. The van der Waals surface area contributed by atoms with Crippen molar-refractivity contribution in [2.75, 3.05) is 39.0 Å². The summed E-state index contributed by atoms with van der Waals surface area (Å²) in [6, 6.07) is 6.68. The normalized spacial score (nSPS) is 22.8. The van der Waals surface area contributed by atoms with E-state index >= 15 is 0 Å². The third kappa shape index (κ3) is 5.03. The van der Waals surface area contributed by atoms with Gasteiger partial charge in [-0.15, -0.1) is 0 Å². The van der Waals surface area contributed by atoms with Crippen LogP contribution in [-0.4, -0.2) is 67.7 Å². The lowest BCUT2D eigenvalue weighted by Crippen LogP contribution is -2.50. The standard InChI is InChI=1S/C20H26FN3O4S/c1-29(25,26)24-8-6-17(7-9-24)23-10-11-27-19(14-23)20-22-13-18(28-20)12-15-2-4-16(21)5-3-15/h2-5,13,17,19H,6-12,14H2,1H3/t19-/m1/s1. The molecule has 1 aromatic carbocycles. The van der Waals surface area contributed by atoms with Crippen molar-refractivity contribution in [3.05, 3.63) is 53.5 Å². The first-order chi connectivity index (χ1) is 13.9. The van der Waals surface area contributed by atoms with Crippen molar-refractivity contribution in [3.8, 4) is 0 Å². The van der Waals surface area contributed by atoms with Crippen LogP contribution in [-0.2, 0) is 21.2 Å². The lowest BCUT2D eigenvalue weighted by molar-refractivity contribution is -0.0619. The van der Waals surface area contributed by atoms with E-state index in [0.29, 0.717) is 50.4 Å².